The molecule has 3 heterocycles. The molecular weight excluding hydrogens is 178 g/mol. The van der Waals surface area contributed by atoms with E-state index in [1.54, 1.807) is 30.6 Å². The molecule has 1 aromatic rings. The van der Waals surface area contributed by atoms with Gasteiger partial charge in [-0.1, -0.05) is 0 Å². The molecule has 14 heavy (non-hydrogen) atoms. The summed E-state index contributed by atoms with van der Waals surface area (Å²) in [5, 5.41) is 0. The van der Waals surface area contributed by atoms with Crippen LogP contribution < -0.4 is 0 Å². The maximum Gasteiger partial charge on any atom is 0.200 e. The number of nitrogens with zero attached hydrogens (tertiary/aromatic N) is 3. The van der Waals surface area contributed by atoms with Crippen molar-refractivity contribution in [2.24, 2.45) is 9.98 Å². The van der Waals surface area contributed by atoms with Crippen LogP contribution in [0.1, 0.15) is 10.4 Å². The van der Waals surface area contributed by atoms with E-state index in [1.165, 1.54) is 0 Å². The Morgan fingerprint density at radius 2 is 2.21 bits per heavy atom. The Kier molecular flexibility index (Phi) is 1.28. The first-order valence-electron chi connectivity index (χ1n) is 4.19. The first-order valence-corrected chi connectivity index (χ1v) is 4.19. The first kappa shape index (κ1) is 7.32. The molecule has 0 saturated heterocycles. The van der Waals surface area contributed by atoms with Crippen molar-refractivity contribution < 1.29 is 4.79 Å². The standard InChI is InChI=1S/C10H5N3O/c14-8-6-2-1-4-11-9(6)13-10-7(8)3-5-12-10/h1-5H. The Hall–Kier alpha value is -2.10. The van der Waals surface area contributed by atoms with Gasteiger partial charge >= 0.3 is 0 Å². The van der Waals surface area contributed by atoms with Crippen molar-refractivity contribution in [2.75, 3.05) is 0 Å². The van der Waals surface area contributed by atoms with Gasteiger partial charge in [-0.25, -0.2) is 15.0 Å². The second-order valence-electron chi connectivity index (χ2n) is 3.00. The highest BCUT2D eigenvalue weighted by molar-refractivity contribution is 6.35. The number of rotatable bonds is 0. The molecule has 0 atom stereocenters. The highest BCUT2D eigenvalue weighted by Gasteiger charge is 2.27. The van der Waals surface area contributed by atoms with Crippen LogP contribution in [0.3, 0.4) is 0 Å². The number of aromatic nitrogens is 1. The predicted octanol–water partition coefficient (Wildman–Crippen LogP) is 1.32. The lowest BCUT2D eigenvalue weighted by Crippen LogP contribution is -2.14. The zero-order chi connectivity index (χ0) is 9.54. The van der Waals surface area contributed by atoms with Crippen molar-refractivity contribution in [2.45, 2.75) is 0 Å². The average Bonchev–Trinajstić information content (AvgIpc) is 2.66. The van der Waals surface area contributed by atoms with Crippen molar-refractivity contribution in [1.82, 2.24) is 4.98 Å². The van der Waals surface area contributed by atoms with Gasteiger partial charge in [0.2, 0.25) is 5.78 Å². The lowest BCUT2D eigenvalue weighted by atomic mass is 10.0. The third-order valence-electron chi connectivity index (χ3n) is 2.17. The quantitative estimate of drug-likeness (QED) is 0.609. The molecule has 0 unspecified atom stereocenters. The number of ketones is 1. The van der Waals surface area contributed by atoms with E-state index in [-0.39, 0.29) is 5.78 Å². The summed E-state index contributed by atoms with van der Waals surface area (Å²) in [7, 11) is 0. The summed E-state index contributed by atoms with van der Waals surface area (Å²) in [6.45, 7) is 0. The van der Waals surface area contributed by atoms with E-state index in [1.807, 2.05) is 0 Å². The molecule has 66 valence electrons. The number of hydrogen-bond donors (Lipinski definition) is 0. The van der Waals surface area contributed by atoms with Gasteiger partial charge in [0.25, 0.3) is 0 Å². The maximum absolute atomic E-state index is 11.8. The first-order chi connectivity index (χ1) is 6.86. The second kappa shape index (κ2) is 2.45. The van der Waals surface area contributed by atoms with E-state index in [0.717, 1.165) is 0 Å². The Morgan fingerprint density at radius 3 is 3.14 bits per heavy atom. The summed E-state index contributed by atoms with van der Waals surface area (Å²) < 4.78 is 0. The lowest BCUT2D eigenvalue weighted by molar-refractivity contribution is 0.104. The molecule has 0 N–H and O–H groups in total. The summed E-state index contributed by atoms with van der Waals surface area (Å²) in [5.41, 5.74) is 1.11. The smallest absolute Gasteiger partial charge is 0.200 e. The third kappa shape index (κ3) is 0.821. The lowest BCUT2D eigenvalue weighted by Gasteiger charge is -2.10. The molecule has 0 radical (unpaired) electrons. The fraction of sp³-hybridized carbons (Fsp3) is 0. The van der Waals surface area contributed by atoms with Crippen LogP contribution in [0.25, 0.3) is 0 Å². The van der Waals surface area contributed by atoms with Crippen LogP contribution >= 0.6 is 0 Å². The second-order valence-corrected chi connectivity index (χ2v) is 3.00. The number of carbonyl (C=O) groups is 1. The molecule has 1 aromatic heterocycles. The summed E-state index contributed by atoms with van der Waals surface area (Å²) in [6.07, 6.45) is 4.87. The number of Topliss-reactive ketones (excluding diaryl/α,β-unsaturated/α-hetero) is 1. The molecule has 4 heteroatoms. The van der Waals surface area contributed by atoms with Crippen molar-refractivity contribution in [3.05, 3.63) is 35.5 Å². The minimum absolute atomic E-state index is 0.0457. The molecule has 0 spiro atoms. The fourth-order valence-electron chi connectivity index (χ4n) is 1.50. The van der Waals surface area contributed by atoms with Gasteiger partial charge in [-0.05, 0) is 18.2 Å². The Balaban J connectivity index is 2.31. The van der Waals surface area contributed by atoms with E-state index in [4.69, 9.17) is 0 Å². The zero-order valence-corrected chi connectivity index (χ0v) is 7.14. The van der Waals surface area contributed by atoms with Crippen molar-refractivity contribution in [3.8, 4) is 0 Å². The van der Waals surface area contributed by atoms with Crippen LogP contribution in [0.2, 0.25) is 0 Å². The van der Waals surface area contributed by atoms with Gasteiger partial charge in [-0.2, -0.15) is 0 Å². The maximum atomic E-state index is 11.8. The minimum atomic E-state index is -0.0457. The average molecular weight is 183 g/mol. The van der Waals surface area contributed by atoms with E-state index in [0.29, 0.717) is 22.8 Å². The molecule has 3 rings (SSSR count). The Labute approximate surface area is 79.7 Å². The van der Waals surface area contributed by atoms with Crippen LogP contribution in [0.4, 0.5) is 5.82 Å². The highest BCUT2D eigenvalue weighted by atomic mass is 16.1. The molecule has 0 aromatic carbocycles. The third-order valence-corrected chi connectivity index (χ3v) is 2.17. The summed E-state index contributed by atoms with van der Waals surface area (Å²) in [5.74, 6) is 0.889. The highest BCUT2D eigenvalue weighted by Crippen LogP contribution is 2.27. The Morgan fingerprint density at radius 1 is 1.29 bits per heavy atom. The number of carbonyl (C=O) groups excluding carboxylic acids is 1. The van der Waals surface area contributed by atoms with Gasteiger partial charge in [0.1, 0.15) is 0 Å². The molecule has 0 aliphatic carbocycles. The van der Waals surface area contributed by atoms with Crippen LogP contribution in [-0.2, 0) is 0 Å². The molecule has 2 aliphatic rings. The molecular formula is C10H5N3O. The van der Waals surface area contributed by atoms with Crippen LogP contribution in [0, 0.1) is 0 Å². The number of hydrogen-bond acceptors (Lipinski definition) is 4. The van der Waals surface area contributed by atoms with Crippen molar-refractivity contribution >= 4 is 23.7 Å². The molecule has 0 saturated carbocycles. The van der Waals surface area contributed by atoms with Crippen LogP contribution in [0.5, 0.6) is 0 Å². The molecule has 4 nitrogen and oxygen atoms in total. The van der Waals surface area contributed by atoms with E-state index >= 15 is 0 Å². The molecule has 0 bridgehead atoms. The predicted molar refractivity (Wildman–Crippen MR) is 52.2 cm³/mol. The topological polar surface area (TPSA) is 54.7 Å². The summed E-state index contributed by atoms with van der Waals surface area (Å²) >= 11 is 0. The summed E-state index contributed by atoms with van der Waals surface area (Å²) in [4.78, 5) is 24.0. The monoisotopic (exact) mass is 183 g/mol. The van der Waals surface area contributed by atoms with Gasteiger partial charge in [0.05, 0.1) is 11.1 Å². The molecule has 2 aliphatic heterocycles. The van der Waals surface area contributed by atoms with Gasteiger partial charge in [0.15, 0.2) is 11.7 Å². The Bertz CT molecular complexity index is 526. The number of pyridine rings is 1. The number of aliphatic imine (C=N–C) groups is 2. The van der Waals surface area contributed by atoms with Gasteiger partial charge < -0.3 is 0 Å². The normalized spacial score (nSPS) is 17.3. The largest absolute Gasteiger partial charge is 0.288 e. The zero-order valence-electron chi connectivity index (χ0n) is 7.14. The van der Waals surface area contributed by atoms with Crippen molar-refractivity contribution in [1.29, 1.82) is 0 Å². The van der Waals surface area contributed by atoms with Gasteiger partial charge in [-0.15, -0.1) is 0 Å². The van der Waals surface area contributed by atoms with Crippen LogP contribution in [0.15, 0.2) is 40.0 Å². The van der Waals surface area contributed by atoms with Crippen molar-refractivity contribution in [3.63, 3.8) is 0 Å². The summed E-state index contributed by atoms with van der Waals surface area (Å²) in [6, 6.07) is 3.46. The molecule has 0 amide bonds. The number of amidine groups is 1. The van der Waals surface area contributed by atoms with Gasteiger partial charge in [-0.3, -0.25) is 4.79 Å². The van der Waals surface area contributed by atoms with Gasteiger partial charge in [0, 0.05) is 12.4 Å². The number of allylic oxidation sites excluding steroid dienone is 1. The SMILES string of the molecule is O=C1C2=CC=NC2=Nc2ncccc21. The van der Waals surface area contributed by atoms with Crippen LogP contribution in [-0.4, -0.2) is 22.8 Å². The van der Waals surface area contributed by atoms with E-state index in [9.17, 15) is 4.79 Å². The minimum Gasteiger partial charge on any atom is -0.288 e. The molecule has 0 fully saturated rings. The van der Waals surface area contributed by atoms with E-state index < -0.39 is 0 Å². The van der Waals surface area contributed by atoms with E-state index in [2.05, 4.69) is 15.0 Å². The number of fused-ring (bicyclic) bond motifs is 2. The fourth-order valence-corrected chi connectivity index (χ4v) is 1.50.